The van der Waals surface area contributed by atoms with Gasteiger partial charge >= 0.3 is 0 Å². The largest absolute Gasteiger partial charge is 0.399 e. The van der Waals surface area contributed by atoms with Crippen LogP contribution in [0.4, 0.5) is 17.1 Å². The van der Waals surface area contributed by atoms with Gasteiger partial charge in [-0.3, -0.25) is 9.78 Å². The average Bonchev–Trinajstić information content (AvgIpc) is 2.74. The fourth-order valence-electron chi connectivity index (χ4n) is 2.81. The number of hydrogen-bond acceptors (Lipinski definition) is 5. The number of rotatable bonds is 7. The molecule has 3 rings (SSSR count). The lowest BCUT2D eigenvalue weighted by atomic mass is 10.0. The Balaban J connectivity index is 1.80. The number of nitrogen functional groups attached to an aromatic ring is 1. The van der Waals surface area contributed by atoms with Crippen LogP contribution in [0.15, 0.2) is 104 Å². The Labute approximate surface area is 175 Å². The van der Waals surface area contributed by atoms with E-state index in [1.807, 2.05) is 42.5 Å². The van der Waals surface area contributed by atoms with E-state index >= 15 is 0 Å². The molecule has 6 nitrogen and oxygen atoms in total. The zero-order chi connectivity index (χ0) is 21.3. The third-order valence-electron chi connectivity index (χ3n) is 4.14. The van der Waals surface area contributed by atoms with Crippen molar-refractivity contribution in [2.45, 2.75) is 0 Å². The Bertz CT molecular complexity index is 1100. The molecule has 6 heteroatoms. The van der Waals surface area contributed by atoms with Gasteiger partial charge in [0.15, 0.2) is 0 Å². The zero-order valence-electron chi connectivity index (χ0n) is 16.4. The number of aromatic nitrogens is 1. The first kappa shape index (κ1) is 20.4. The molecule has 2 aromatic carbocycles. The van der Waals surface area contributed by atoms with E-state index in [4.69, 9.17) is 11.5 Å². The molecule has 0 radical (unpaired) electrons. The summed E-state index contributed by atoms with van der Waals surface area (Å²) in [6, 6.07) is 20.0. The minimum absolute atomic E-state index is 0.277. The maximum absolute atomic E-state index is 12.4. The monoisotopic (exact) mass is 397 g/mol. The second-order valence-corrected chi connectivity index (χ2v) is 6.46. The lowest BCUT2D eigenvalue weighted by molar-refractivity contribution is 0.102. The average molecular weight is 397 g/mol. The molecule has 30 heavy (non-hydrogen) atoms. The third kappa shape index (κ3) is 5.59. The number of anilines is 3. The number of nitrogens with one attached hydrogen (secondary N) is 2. The summed E-state index contributed by atoms with van der Waals surface area (Å²) in [7, 11) is 0. The van der Waals surface area contributed by atoms with E-state index in [1.54, 1.807) is 48.7 Å². The molecule has 0 aliphatic heterocycles. The van der Waals surface area contributed by atoms with E-state index in [1.165, 1.54) is 0 Å². The molecular formula is C24H23N5O. The molecule has 0 fully saturated rings. The molecule has 0 saturated heterocycles. The maximum atomic E-state index is 12.4. The highest BCUT2D eigenvalue weighted by atomic mass is 16.1. The van der Waals surface area contributed by atoms with Crippen molar-refractivity contribution < 1.29 is 4.79 Å². The molecule has 0 aliphatic carbocycles. The van der Waals surface area contributed by atoms with Crippen LogP contribution >= 0.6 is 0 Å². The van der Waals surface area contributed by atoms with Crippen molar-refractivity contribution in [3.05, 3.63) is 115 Å². The molecular weight excluding hydrogens is 374 g/mol. The number of amides is 1. The summed E-state index contributed by atoms with van der Waals surface area (Å²) in [5.41, 5.74) is 16.1. The van der Waals surface area contributed by atoms with Gasteiger partial charge in [0.25, 0.3) is 5.91 Å². The Morgan fingerprint density at radius 2 is 1.73 bits per heavy atom. The van der Waals surface area contributed by atoms with E-state index in [0.29, 0.717) is 22.9 Å². The molecule has 150 valence electrons. The summed E-state index contributed by atoms with van der Waals surface area (Å²) < 4.78 is 0. The first-order valence-corrected chi connectivity index (χ1v) is 9.30. The maximum Gasteiger partial charge on any atom is 0.274 e. The molecule has 0 aliphatic rings. The fraction of sp³-hybridized carbons (Fsp3) is 0. The van der Waals surface area contributed by atoms with Crippen LogP contribution in [0.1, 0.15) is 16.1 Å². The summed E-state index contributed by atoms with van der Waals surface area (Å²) in [5, 5.41) is 5.97. The van der Waals surface area contributed by atoms with Gasteiger partial charge in [-0.05, 0) is 59.7 Å². The molecule has 1 aromatic heterocycles. The number of carbonyl (C=O) groups is 1. The highest BCUT2D eigenvalue weighted by molar-refractivity contribution is 6.03. The number of pyridine rings is 1. The smallest absolute Gasteiger partial charge is 0.274 e. The van der Waals surface area contributed by atoms with E-state index in [9.17, 15) is 4.79 Å². The van der Waals surface area contributed by atoms with Gasteiger partial charge in [0, 0.05) is 23.3 Å². The van der Waals surface area contributed by atoms with Gasteiger partial charge in [-0.2, -0.15) is 0 Å². The van der Waals surface area contributed by atoms with Gasteiger partial charge in [-0.15, -0.1) is 0 Å². The van der Waals surface area contributed by atoms with Crippen molar-refractivity contribution in [3.63, 3.8) is 0 Å². The molecule has 1 heterocycles. The lowest BCUT2D eigenvalue weighted by Crippen LogP contribution is -2.13. The predicted molar refractivity (Wildman–Crippen MR) is 124 cm³/mol. The SMILES string of the molecule is C=C/C=C(\C=C(/N)Nc1cccc(N)c1)c1cccc(NC(=O)c2ccccn2)c1. The summed E-state index contributed by atoms with van der Waals surface area (Å²) in [4.78, 5) is 16.4. The number of carbonyl (C=O) groups excluding carboxylic acids is 1. The van der Waals surface area contributed by atoms with Crippen molar-refractivity contribution in [2.75, 3.05) is 16.4 Å². The van der Waals surface area contributed by atoms with Gasteiger partial charge in [0.05, 0.1) is 0 Å². The van der Waals surface area contributed by atoms with Crippen molar-refractivity contribution >= 4 is 28.5 Å². The quantitative estimate of drug-likeness (QED) is 0.349. The molecule has 3 aromatic rings. The first-order valence-electron chi connectivity index (χ1n) is 9.30. The molecule has 6 N–H and O–H groups in total. The van der Waals surface area contributed by atoms with Gasteiger partial charge in [0.1, 0.15) is 11.5 Å². The molecule has 0 spiro atoms. The Kier molecular flexibility index (Phi) is 6.63. The number of nitrogens with zero attached hydrogens (tertiary/aromatic N) is 1. The van der Waals surface area contributed by atoms with Gasteiger partial charge in [0.2, 0.25) is 0 Å². The topological polar surface area (TPSA) is 106 Å². The van der Waals surface area contributed by atoms with Crippen LogP contribution in [0.5, 0.6) is 0 Å². The highest BCUT2D eigenvalue weighted by Crippen LogP contribution is 2.22. The first-order chi connectivity index (χ1) is 14.5. The summed E-state index contributed by atoms with van der Waals surface area (Å²) in [6.45, 7) is 3.78. The minimum atomic E-state index is -0.277. The summed E-state index contributed by atoms with van der Waals surface area (Å²) >= 11 is 0. The molecule has 0 unspecified atom stereocenters. The minimum Gasteiger partial charge on any atom is -0.399 e. The standard InChI is InChI=1S/C24H23N5O/c1-2-7-17(15-23(26)28-21-11-6-9-19(25)16-21)18-8-5-10-20(14-18)29-24(30)22-12-3-4-13-27-22/h2-16,28H,1,25-26H2,(H,29,30)/b17-7+,23-15+. The van der Waals surface area contributed by atoms with E-state index in [0.717, 1.165) is 16.8 Å². The summed E-state index contributed by atoms with van der Waals surface area (Å²) in [5.74, 6) is 0.164. The van der Waals surface area contributed by atoms with E-state index in [2.05, 4.69) is 22.2 Å². The number of nitrogens with two attached hydrogens (primary N) is 2. The van der Waals surface area contributed by atoms with Crippen LogP contribution in [0, 0.1) is 0 Å². The van der Waals surface area contributed by atoms with Crippen molar-refractivity contribution in [3.8, 4) is 0 Å². The second kappa shape index (κ2) is 9.75. The summed E-state index contributed by atoms with van der Waals surface area (Å²) in [6.07, 6.45) is 6.90. The molecule has 0 bridgehead atoms. The predicted octanol–water partition coefficient (Wildman–Crippen LogP) is 4.40. The van der Waals surface area contributed by atoms with Crippen molar-refractivity contribution in [1.29, 1.82) is 0 Å². The zero-order valence-corrected chi connectivity index (χ0v) is 16.4. The third-order valence-corrected chi connectivity index (χ3v) is 4.14. The van der Waals surface area contributed by atoms with E-state index in [-0.39, 0.29) is 5.91 Å². The molecule has 0 atom stereocenters. The Morgan fingerprint density at radius 3 is 2.43 bits per heavy atom. The van der Waals surface area contributed by atoms with Crippen LogP contribution in [0.2, 0.25) is 0 Å². The normalized spacial score (nSPS) is 11.6. The lowest BCUT2D eigenvalue weighted by Gasteiger charge is -2.11. The van der Waals surface area contributed by atoms with Crippen LogP contribution in [0.25, 0.3) is 5.57 Å². The van der Waals surface area contributed by atoms with Crippen LogP contribution < -0.4 is 22.1 Å². The number of benzene rings is 2. The van der Waals surface area contributed by atoms with Crippen molar-refractivity contribution in [1.82, 2.24) is 4.98 Å². The van der Waals surface area contributed by atoms with Crippen LogP contribution in [-0.4, -0.2) is 10.9 Å². The van der Waals surface area contributed by atoms with E-state index < -0.39 is 0 Å². The molecule has 0 saturated carbocycles. The van der Waals surface area contributed by atoms with Gasteiger partial charge < -0.3 is 22.1 Å². The number of hydrogen-bond donors (Lipinski definition) is 4. The van der Waals surface area contributed by atoms with Crippen LogP contribution in [-0.2, 0) is 0 Å². The second-order valence-electron chi connectivity index (χ2n) is 6.46. The van der Waals surface area contributed by atoms with Crippen LogP contribution in [0.3, 0.4) is 0 Å². The van der Waals surface area contributed by atoms with Crippen molar-refractivity contribution in [2.24, 2.45) is 5.73 Å². The van der Waals surface area contributed by atoms with Gasteiger partial charge in [-0.1, -0.05) is 43.0 Å². The van der Waals surface area contributed by atoms with Gasteiger partial charge in [-0.25, -0.2) is 0 Å². The Morgan fingerprint density at radius 1 is 0.967 bits per heavy atom. The highest BCUT2D eigenvalue weighted by Gasteiger charge is 2.08. The number of allylic oxidation sites excluding steroid dienone is 4. The Hall–Kier alpha value is -4.32. The molecule has 1 amide bonds. The fourth-order valence-corrected chi connectivity index (χ4v) is 2.81.